The zero-order valence-electron chi connectivity index (χ0n) is 7.36. The van der Waals surface area contributed by atoms with Crippen molar-refractivity contribution in [3.05, 3.63) is 0 Å². The van der Waals surface area contributed by atoms with Crippen molar-refractivity contribution in [3.63, 3.8) is 0 Å². The second kappa shape index (κ2) is 4.05. The molecule has 1 saturated heterocycles. The summed E-state index contributed by atoms with van der Waals surface area (Å²) in [5.74, 6) is 0. The molecule has 1 heterocycles. The van der Waals surface area contributed by atoms with E-state index in [1.807, 2.05) is 0 Å². The fraction of sp³-hybridized carbons (Fsp3) is 1.00. The number of alkyl halides is 1. The van der Waals surface area contributed by atoms with Crippen LogP contribution in [0.25, 0.3) is 0 Å². The van der Waals surface area contributed by atoms with Crippen molar-refractivity contribution in [3.8, 4) is 0 Å². The fourth-order valence-corrected chi connectivity index (χ4v) is 2.83. The van der Waals surface area contributed by atoms with E-state index in [0.717, 1.165) is 0 Å². The lowest BCUT2D eigenvalue weighted by atomic mass is 9.96. The fourth-order valence-electron chi connectivity index (χ4n) is 1.79. The largest absolute Gasteiger partial charge is 0.313 e. The number of nitrogens with one attached hydrogen (secondary N) is 1. The van der Waals surface area contributed by atoms with Gasteiger partial charge in [-0.15, -0.1) is 0 Å². The summed E-state index contributed by atoms with van der Waals surface area (Å²) in [5.41, 5.74) is 0.427. The molecular weight excluding hydrogens is 251 g/mol. The Morgan fingerprint density at radius 1 is 1.64 bits per heavy atom. The zero-order valence-corrected chi connectivity index (χ0v) is 9.52. The van der Waals surface area contributed by atoms with E-state index in [2.05, 4.69) is 46.9 Å². The van der Waals surface area contributed by atoms with Gasteiger partial charge >= 0.3 is 0 Å². The van der Waals surface area contributed by atoms with E-state index in [1.165, 1.54) is 30.4 Å². The van der Waals surface area contributed by atoms with Crippen LogP contribution < -0.4 is 5.32 Å². The number of halogens is 1. The van der Waals surface area contributed by atoms with Crippen LogP contribution in [0.2, 0.25) is 0 Å². The van der Waals surface area contributed by atoms with Crippen LogP contribution in [0.4, 0.5) is 0 Å². The highest BCUT2D eigenvalue weighted by molar-refractivity contribution is 14.1. The number of nitrogens with zero attached hydrogens (tertiary/aromatic N) is 1. The topological polar surface area (TPSA) is 15.3 Å². The van der Waals surface area contributed by atoms with Gasteiger partial charge in [-0.25, -0.2) is 0 Å². The summed E-state index contributed by atoms with van der Waals surface area (Å²) in [5, 5.41) is 3.46. The molecular formula is C8H17IN2. The molecule has 3 heteroatoms. The summed E-state index contributed by atoms with van der Waals surface area (Å²) < 4.78 is 1.26. The molecule has 0 amide bonds. The molecule has 66 valence electrons. The van der Waals surface area contributed by atoms with Crippen molar-refractivity contribution in [2.75, 3.05) is 31.6 Å². The van der Waals surface area contributed by atoms with E-state index in [1.54, 1.807) is 0 Å². The van der Waals surface area contributed by atoms with Crippen LogP contribution >= 0.6 is 22.6 Å². The molecule has 1 N–H and O–H groups in total. The summed E-state index contributed by atoms with van der Waals surface area (Å²) in [6.07, 6.45) is 2.61. The lowest BCUT2D eigenvalue weighted by Gasteiger charge is -2.27. The van der Waals surface area contributed by atoms with Gasteiger partial charge in [0.1, 0.15) is 0 Å². The first-order valence-electron chi connectivity index (χ1n) is 4.16. The lowest BCUT2D eigenvalue weighted by molar-refractivity contribution is 0.323. The molecule has 1 aliphatic rings. The quantitative estimate of drug-likeness (QED) is 0.609. The SMILES string of the molecule is CNC1(CCI)CCN(C)C1. The highest BCUT2D eigenvalue weighted by atomic mass is 127. The van der Waals surface area contributed by atoms with Crippen molar-refractivity contribution in [2.24, 2.45) is 0 Å². The third-order valence-electron chi connectivity index (χ3n) is 2.65. The van der Waals surface area contributed by atoms with Crippen LogP contribution in [0, 0.1) is 0 Å². The Balaban J connectivity index is 2.48. The molecule has 1 atom stereocenters. The molecule has 1 rings (SSSR count). The van der Waals surface area contributed by atoms with Crippen molar-refractivity contribution in [1.29, 1.82) is 0 Å². The van der Waals surface area contributed by atoms with Crippen molar-refractivity contribution in [1.82, 2.24) is 10.2 Å². The monoisotopic (exact) mass is 268 g/mol. The Hall–Kier alpha value is 0.650. The molecule has 0 aromatic rings. The second-order valence-corrected chi connectivity index (χ2v) is 4.54. The van der Waals surface area contributed by atoms with Gasteiger partial charge in [0.15, 0.2) is 0 Å². The number of hydrogen-bond donors (Lipinski definition) is 1. The van der Waals surface area contributed by atoms with E-state index < -0.39 is 0 Å². The van der Waals surface area contributed by atoms with Gasteiger partial charge in [-0.3, -0.25) is 0 Å². The van der Waals surface area contributed by atoms with Crippen LogP contribution in [0.5, 0.6) is 0 Å². The maximum atomic E-state index is 3.46. The normalized spacial score (nSPS) is 33.0. The summed E-state index contributed by atoms with van der Waals surface area (Å²) in [6.45, 7) is 2.46. The molecule has 0 aliphatic carbocycles. The minimum Gasteiger partial charge on any atom is -0.313 e. The molecule has 0 spiro atoms. The number of rotatable bonds is 3. The van der Waals surface area contributed by atoms with Gasteiger partial charge in [-0.1, -0.05) is 22.6 Å². The van der Waals surface area contributed by atoms with Gasteiger partial charge in [-0.05, 0) is 33.5 Å². The summed E-state index contributed by atoms with van der Waals surface area (Å²) >= 11 is 2.46. The Kier molecular flexibility index (Phi) is 3.58. The molecule has 1 fully saturated rings. The zero-order chi connectivity index (χ0) is 8.32. The predicted molar refractivity (Wildman–Crippen MR) is 57.4 cm³/mol. The average Bonchev–Trinajstić information content (AvgIpc) is 2.34. The maximum Gasteiger partial charge on any atom is 0.0325 e. The third kappa shape index (κ3) is 2.29. The van der Waals surface area contributed by atoms with Gasteiger partial charge in [0.2, 0.25) is 0 Å². The first-order valence-corrected chi connectivity index (χ1v) is 5.68. The van der Waals surface area contributed by atoms with E-state index >= 15 is 0 Å². The Morgan fingerprint density at radius 3 is 2.73 bits per heavy atom. The number of likely N-dealkylation sites (tertiary alicyclic amines) is 1. The highest BCUT2D eigenvalue weighted by Gasteiger charge is 2.33. The van der Waals surface area contributed by atoms with Gasteiger partial charge in [0.25, 0.3) is 0 Å². The van der Waals surface area contributed by atoms with Gasteiger partial charge in [-0.2, -0.15) is 0 Å². The van der Waals surface area contributed by atoms with Gasteiger partial charge in [0.05, 0.1) is 0 Å². The molecule has 1 aliphatic heterocycles. The second-order valence-electron chi connectivity index (χ2n) is 3.46. The third-order valence-corrected chi connectivity index (χ3v) is 3.19. The van der Waals surface area contributed by atoms with Crippen LogP contribution in [-0.4, -0.2) is 42.1 Å². The standard InChI is InChI=1S/C8H17IN2/c1-10-8(3-5-9)4-6-11(2)7-8/h10H,3-7H2,1-2H3. The Labute approximate surface area is 82.9 Å². The van der Waals surface area contributed by atoms with Gasteiger partial charge in [0, 0.05) is 16.5 Å². The Bertz CT molecular complexity index is 125. The molecule has 2 nitrogen and oxygen atoms in total. The Morgan fingerprint density at radius 2 is 2.36 bits per heavy atom. The first-order chi connectivity index (χ1) is 5.22. The summed E-state index contributed by atoms with van der Waals surface area (Å²) in [7, 11) is 4.29. The molecule has 1 unspecified atom stereocenters. The minimum atomic E-state index is 0.427. The van der Waals surface area contributed by atoms with Crippen LogP contribution in [-0.2, 0) is 0 Å². The lowest BCUT2D eigenvalue weighted by Crippen LogP contribution is -2.45. The van der Waals surface area contributed by atoms with Crippen molar-refractivity contribution < 1.29 is 0 Å². The van der Waals surface area contributed by atoms with Crippen molar-refractivity contribution in [2.45, 2.75) is 18.4 Å². The number of hydrogen-bond acceptors (Lipinski definition) is 2. The van der Waals surface area contributed by atoms with E-state index in [9.17, 15) is 0 Å². The molecule has 0 aromatic carbocycles. The van der Waals surface area contributed by atoms with Crippen LogP contribution in [0.1, 0.15) is 12.8 Å². The smallest absolute Gasteiger partial charge is 0.0325 e. The highest BCUT2D eigenvalue weighted by Crippen LogP contribution is 2.23. The summed E-state index contributed by atoms with van der Waals surface area (Å²) in [6, 6.07) is 0. The van der Waals surface area contributed by atoms with E-state index in [-0.39, 0.29) is 0 Å². The number of likely N-dealkylation sites (N-methyl/N-ethyl adjacent to an activating group) is 2. The van der Waals surface area contributed by atoms with Crippen molar-refractivity contribution >= 4 is 22.6 Å². The molecule has 0 radical (unpaired) electrons. The predicted octanol–water partition coefficient (Wildman–Crippen LogP) is 1.11. The van der Waals surface area contributed by atoms with E-state index in [4.69, 9.17) is 0 Å². The molecule has 0 saturated carbocycles. The van der Waals surface area contributed by atoms with E-state index in [0.29, 0.717) is 5.54 Å². The first kappa shape index (κ1) is 9.74. The van der Waals surface area contributed by atoms with Crippen LogP contribution in [0.15, 0.2) is 0 Å². The average molecular weight is 268 g/mol. The van der Waals surface area contributed by atoms with Crippen LogP contribution in [0.3, 0.4) is 0 Å². The molecule has 0 aromatic heterocycles. The molecule has 0 bridgehead atoms. The molecule has 11 heavy (non-hydrogen) atoms. The van der Waals surface area contributed by atoms with Gasteiger partial charge < -0.3 is 10.2 Å². The summed E-state index contributed by atoms with van der Waals surface area (Å²) in [4.78, 5) is 2.41. The maximum absolute atomic E-state index is 3.46. The minimum absolute atomic E-state index is 0.427.